The maximum Gasteiger partial charge on any atom is 0.309 e. The first-order chi connectivity index (χ1) is 24.5. The maximum atomic E-state index is 13.1. The molecular formula is C46H79N3O4. The number of aliphatic carboxylic acids is 1. The van der Waals surface area contributed by atoms with Crippen LogP contribution in [0.3, 0.4) is 0 Å². The predicted octanol–water partition coefficient (Wildman–Crippen LogP) is 9.06. The quantitative estimate of drug-likeness (QED) is 0.162. The summed E-state index contributed by atoms with van der Waals surface area (Å²) in [7, 11) is 2.24. The number of piperazine rings is 1. The molecule has 1 saturated heterocycles. The van der Waals surface area contributed by atoms with Gasteiger partial charge in [-0.3, -0.25) is 14.5 Å². The molecule has 0 amide bonds. The molecule has 7 nitrogen and oxygen atoms in total. The van der Waals surface area contributed by atoms with Crippen molar-refractivity contribution in [2.75, 3.05) is 46.3 Å². The van der Waals surface area contributed by atoms with Crippen LogP contribution in [0, 0.1) is 62.1 Å². The lowest BCUT2D eigenvalue weighted by Crippen LogP contribution is -2.67. The molecule has 0 aromatic rings. The lowest BCUT2D eigenvalue weighted by Gasteiger charge is -2.73. The second kappa shape index (κ2) is 14.2. The zero-order valence-corrected chi connectivity index (χ0v) is 36.0. The summed E-state index contributed by atoms with van der Waals surface area (Å²) >= 11 is 0. The highest BCUT2D eigenvalue weighted by atomic mass is 16.5. The summed E-state index contributed by atoms with van der Waals surface area (Å²) in [4.78, 5) is 30.0. The van der Waals surface area contributed by atoms with Crippen LogP contribution in [-0.4, -0.2) is 84.8 Å². The highest BCUT2D eigenvalue weighted by Crippen LogP contribution is 2.78. The van der Waals surface area contributed by atoms with Gasteiger partial charge in [0.15, 0.2) is 0 Å². The van der Waals surface area contributed by atoms with Crippen LogP contribution in [-0.2, 0) is 14.3 Å². The van der Waals surface area contributed by atoms with Crippen molar-refractivity contribution in [1.82, 2.24) is 15.1 Å². The molecule has 302 valence electrons. The normalized spacial score (nSPS) is 41.8. The van der Waals surface area contributed by atoms with Gasteiger partial charge in [0.25, 0.3) is 0 Å². The summed E-state index contributed by atoms with van der Waals surface area (Å²) in [6.45, 7) is 34.7. The number of esters is 1. The number of allylic oxidation sites excluding steroid dienone is 1. The van der Waals surface area contributed by atoms with Gasteiger partial charge < -0.3 is 20.1 Å². The molecule has 53 heavy (non-hydrogen) atoms. The van der Waals surface area contributed by atoms with Crippen molar-refractivity contribution in [2.24, 2.45) is 62.1 Å². The maximum absolute atomic E-state index is 13.1. The fourth-order valence-corrected chi connectivity index (χ4v) is 14.8. The van der Waals surface area contributed by atoms with Crippen molar-refractivity contribution in [1.29, 1.82) is 0 Å². The number of nitrogens with zero attached hydrogens (tertiary/aromatic N) is 2. The van der Waals surface area contributed by atoms with Gasteiger partial charge in [-0.1, -0.05) is 46.8 Å². The lowest BCUT2D eigenvalue weighted by atomic mass is 9.32. The molecule has 0 bridgehead atoms. The van der Waals surface area contributed by atoms with E-state index in [0.717, 1.165) is 37.8 Å². The van der Waals surface area contributed by atoms with Crippen molar-refractivity contribution in [2.45, 2.75) is 158 Å². The van der Waals surface area contributed by atoms with E-state index in [1.165, 1.54) is 89.5 Å². The molecule has 0 unspecified atom stereocenters. The number of likely N-dealkylation sites (N-methyl/N-ethyl adjacent to an activating group) is 1. The van der Waals surface area contributed by atoms with Crippen molar-refractivity contribution in [3.63, 3.8) is 0 Å². The number of carbonyl (C=O) groups excluding carboxylic acids is 1. The molecule has 10 atom stereocenters. The second-order valence-electron chi connectivity index (χ2n) is 22.4. The van der Waals surface area contributed by atoms with Gasteiger partial charge >= 0.3 is 11.9 Å². The molecule has 0 aromatic heterocycles. The Balaban J connectivity index is 1.18. The minimum atomic E-state index is -1.12. The van der Waals surface area contributed by atoms with E-state index in [1.54, 1.807) is 13.8 Å². The summed E-state index contributed by atoms with van der Waals surface area (Å²) in [6, 6.07) is 0. The Bertz CT molecular complexity index is 1400. The Morgan fingerprint density at radius 1 is 0.849 bits per heavy atom. The molecule has 0 aromatic carbocycles. The van der Waals surface area contributed by atoms with E-state index < -0.39 is 11.4 Å². The van der Waals surface area contributed by atoms with Gasteiger partial charge in [-0.25, -0.2) is 0 Å². The molecule has 5 saturated carbocycles. The molecule has 5 aliphatic carbocycles. The Labute approximate surface area is 324 Å². The first-order valence-electron chi connectivity index (χ1n) is 21.8. The highest BCUT2D eigenvalue weighted by Gasteiger charge is 2.71. The largest absolute Gasteiger partial charge is 0.481 e. The standard InChI is InChI=1S/C46H79N3O4/c1-31(2)32-15-20-46(23-24-47-41(5,6)30-49-27-25-48(12)26-28-49)22-21-44(10)33(38(32)46)13-14-35-43(9)18-17-36(53-37(50)29-40(3,4)39(51)52)42(7,8)34(43)16-19-45(35,44)11/h32-36,38,47H,1,13-30H2,2-12H3,(H,51,52)/t32-,33+,34-,35+,36-,38+,43-,44+,45+,46+/m0/s1. The second-order valence-corrected chi connectivity index (χ2v) is 22.4. The Kier molecular flexibility index (Phi) is 11.0. The molecule has 0 spiro atoms. The third kappa shape index (κ3) is 7.10. The van der Waals surface area contributed by atoms with Crippen LogP contribution in [0.2, 0.25) is 0 Å². The number of fused-ring (bicyclic) bond motifs is 7. The summed E-state index contributed by atoms with van der Waals surface area (Å²) in [5.41, 5.74) is 1.45. The first kappa shape index (κ1) is 41.2. The van der Waals surface area contributed by atoms with E-state index in [1.807, 2.05) is 0 Å². The first-order valence-corrected chi connectivity index (χ1v) is 21.8. The number of carbonyl (C=O) groups is 2. The minimum Gasteiger partial charge on any atom is -0.481 e. The molecule has 1 heterocycles. The number of rotatable bonds is 11. The Morgan fingerprint density at radius 3 is 2.17 bits per heavy atom. The van der Waals surface area contributed by atoms with Gasteiger partial charge in [0, 0.05) is 43.7 Å². The van der Waals surface area contributed by atoms with Crippen LogP contribution in [0.25, 0.3) is 0 Å². The van der Waals surface area contributed by atoms with Crippen LogP contribution in [0.15, 0.2) is 12.2 Å². The third-order valence-electron chi connectivity index (χ3n) is 18.1. The van der Waals surface area contributed by atoms with Gasteiger partial charge in [-0.05, 0) is 170 Å². The number of hydrogen-bond acceptors (Lipinski definition) is 6. The zero-order valence-electron chi connectivity index (χ0n) is 36.0. The Morgan fingerprint density at radius 2 is 1.53 bits per heavy atom. The molecular weight excluding hydrogens is 659 g/mol. The molecule has 1 aliphatic heterocycles. The molecule has 6 aliphatic rings. The Hall–Kier alpha value is -1.44. The van der Waals surface area contributed by atoms with Crippen molar-refractivity contribution >= 4 is 11.9 Å². The minimum absolute atomic E-state index is 0.0877. The highest BCUT2D eigenvalue weighted by molar-refractivity contribution is 5.81. The van der Waals surface area contributed by atoms with Gasteiger partial charge in [-0.15, -0.1) is 0 Å². The van der Waals surface area contributed by atoms with Crippen LogP contribution in [0.1, 0.15) is 146 Å². The van der Waals surface area contributed by atoms with Crippen molar-refractivity contribution in [3.8, 4) is 0 Å². The van der Waals surface area contributed by atoms with Crippen LogP contribution >= 0.6 is 0 Å². The number of hydrogen-bond donors (Lipinski definition) is 2. The van der Waals surface area contributed by atoms with E-state index in [9.17, 15) is 14.7 Å². The number of carboxylic acid groups (broad SMARTS) is 1. The smallest absolute Gasteiger partial charge is 0.309 e. The average molecular weight is 738 g/mol. The lowest BCUT2D eigenvalue weighted by molar-refractivity contribution is -0.250. The molecule has 0 radical (unpaired) electrons. The van der Waals surface area contributed by atoms with Crippen LogP contribution in [0.5, 0.6) is 0 Å². The van der Waals surface area contributed by atoms with Gasteiger partial charge in [0.05, 0.1) is 11.8 Å². The van der Waals surface area contributed by atoms with Gasteiger partial charge in [0.2, 0.25) is 0 Å². The van der Waals surface area contributed by atoms with E-state index in [2.05, 4.69) is 84.1 Å². The summed E-state index contributed by atoms with van der Waals surface area (Å²) < 4.78 is 6.22. The fraction of sp³-hybridized carbons (Fsp3) is 0.913. The zero-order chi connectivity index (χ0) is 39.0. The number of ether oxygens (including phenoxy) is 1. The molecule has 6 fully saturated rings. The summed E-state index contributed by atoms with van der Waals surface area (Å²) in [6.07, 6.45) is 13.4. The third-order valence-corrected chi connectivity index (χ3v) is 18.1. The van der Waals surface area contributed by atoms with Crippen molar-refractivity contribution < 1.29 is 19.4 Å². The van der Waals surface area contributed by atoms with E-state index in [4.69, 9.17) is 4.74 Å². The van der Waals surface area contributed by atoms with E-state index in [0.29, 0.717) is 28.6 Å². The summed E-state index contributed by atoms with van der Waals surface area (Å²) in [5, 5.41) is 13.7. The topological polar surface area (TPSA) is 82.1 Å². The monoisotopic (exact) mass is 738 g/mol. The van der Waals surface area contributed by atoms with E-state index in [-0.39, 0.29) is 40.3 Å². The van der Waals surface area contributed by atoms with E-state index >= 15 is 0 Å². The predicted molar refractivity (Wildman–Crippen MR) is 216 cm³/mol. The number of carboxylic acids is 1. The number of nitrogens with one attached hydrogen (secondary N) is 1. The fourth-order valence-electron chi connectivity index (χ4n) is 14.8. The molecule has 6 rings (SSSR count). The molecule has 2 N–H and O–H groups in total. The average Bonchev–Trinajstić information content (AvgIpc) is 3.43. The van der Waals surface area contributed by atoms with Crippen LogP contribution < -0.4 is 5.32 Å². The van der Waals surface area contributed by atoms with Crippen molar-refractivity contribution in [3.05, 3.63) is 12.2 Å². The van der Waals surface area contributed by atoms with Gasteiger partial charge in [0.1, 0.15) is 6.10 Å². The SMILES string of the molecule is C=C(C)[C@@H]1CC[C@]2(CCNC(C)(C)CN3CCN(C)CC3)CC[C@]3(C)[C@H](CC[C@@H]4[C@@]5(C)CC[C@H](OC(=O)CC(C)(C)C(=O)O)C(C)(C)[C@@H]5CC[C@]43C)[C@@H]12. The van der Waals surface area contributed by atoms with Crippen LogP contribution in [0.4, 0.5) is 0 Å². The summed E-state index contributed by atoms with van der Waals surface area (Å²) in [5.74, 6) is 1.92. The molecule has 7 heteroatoms. The van der Waals surface area contributed by atoms with Gasteiger partial charge in [-0.2, -0.15) is 0 Å².